The van der Waals surface area contributed by atoms with Crippen LogP contribution in [0.25, 0.3) is 0 Å². The molecule has 2 atom stereocenters. The second-order valence-electron chi connectivity index (χ2n) is 7.80. The van der Waals surface area contributed by atoms with Crippen molar-refractivity contribution in [2.45, 2.75) is 23.8 Å². The molecule has 30 heavy (non-hydrogen) atoms. The van der Waals surface area contributed by atoms with Crippen LogP contribution in [0.2, 0.25) is 0 Å². The summed E-state index contributed by atoms with van der Waals surface area (Å²) in [4.78, 5) is 0.283. The number of ether oxygens (including phenoxy) is 3. The average Bonchev–Trinajstić information content (AvgIpc) is 3.35. The van der Waals surface area contributed by atoms with Crippen molar-refractivity contribution in [3.05, 3.63) is 77.4 Å². The van der Waals surface area contributed by atoms with Gasteiger partial charge in [-0.3, -0.25) is 4.31 Å². The molecule has 3 aliphatic heterocycles. The van der Waals surface area contributed by atoms with Crippen LogP contribution in [-0.2, 0) is 10.0 Å². The molecule has 0 amide bonds. The van der Waals surface area contributed by atoms with Crippen molar-refractivity contribution in [2.75, 3.05) is 17.6 Å². The predicted octanol–water partition coefficient (Wildman–Crippen LogP) is 4.15. The van der Waals surface area contributed by atoms with Crippen molar-refractivity contribution in [1.82, 2.24) is 0 Å². The van der Waals surface area contributed by atoms with Gasteiger partial charge in [0.2, 0.25) is 6.79 Å². The molecule has 152 valence electrons. The molecule has 3 aromatic rings. The molecule has 0 unspecified atom stereocenters. The zero-order valence-electron chi connectivity index (χ0n) is 16.2. The Bertz CT molecular complexity index is 1270. The van der Waals surface area contributed by atoms with Crippen LogP contribution in [0.1, 0.15) is 28.7 Å². The maximum absolute atomic E-state index is 13.6. The van der Waals surface area contributed by atoms with Gasteiger partial charge in [-0.05, 0) is 31.2 Å². The van der Waals surface area contributed by atoms with E-state index in [0.717, 1.165) is 22.4 Å². The van der Waals surface area contributed by atoms with Gasteiger partial charge in [0.05, 0.1) is 10.6 Å². The van der Waals surface area contributed by atoms with Crippen LogP contribution in [-0.4, -0.2) is 21.8 Å². The number of aryl methyl sites for hydroxylation is 1. The van der Waals surface area contributed by atoms with Gasteiger partial charge in [0.15, 0.2) is 11.5 Å². The summed E-state index contributed by atoms with van der Waals surface area (Å²) in [6.07, 6.45) is -0.247. The first-order valence-electron chi connectivity index (χ1n) is 9.81. The highest BCUT2D eigenvalue weighted by Crippen LogP contribution is 2.55. The van der Waals surface area contributed by atoms with E-state index >= 15 is 0 Å². The van der Waals surface area contributed by atoms with Gasteiger partial charge in [-0.25, -0.2) is 8.42 Å². The summed E-state index contributed by atoms with van der Waals surface area (Å²) >= 11 is 0. The Morgan fingerprint density at radius 3 is 2.43 bits per heavy atom. The standard InChI is InChI=1S/C23H19NO5S/c1-14-6-8-15(9-7-14)30(25,26)24-12-18-17-10-21-22(28-13-27-21)11-20(17)29-23(18)16-4-2-3-5-19(16)24/h2-11,18,23H,12-13H2,1H3/t18-,23-/m1/s1. The van der Waals surface area contributed by atoms with Crippen molar-refractivity contribution in [2.24, 2.45) is 0 Å². The Balaban J connectivity index is 1.49. The Kier molecular flexibility index (Phi) is 3.62. The third-order valence-corrected chi connectivity index (χ3v) is 7.80. The second kappa shape index (κ2) is 6.15. The summed E-state index contributed by atoms with van der Waals surface area (Å²) in [7, 11) is -3.72. The molecule has 0 aliphatic carbocycles. The van der Waals surface area contributed by atoms with Gasteiger partial charge in [0.25, 0.3) is 10.0 Å². The van der Waals surface area contributed by atoms with Crippen molar-refractivity contribution < 1.29 is 22.6 Å². The maximum Gasteiger partial charge on any atom is 0.264 e. The molecular weight excluding hydrogens is 402 g/mol. The van der Waals surface area contributed by atoms with E-state index in [2.05, 4.69) is 0 Å². The third kappa shape index (κ3) is 2.45. The van der Waals surface area contributed by atoms with Crippen LogP contribution in [0.5, 0.6) is 17.2 Å². The largest absolute Gasteiger partial charge is 0.484 e. The molecule has 0 fully saturated rings. The molecule has 0 aromatic heterocycles. The topological polar surface area (TPSA) is 65.1 Å². The first-order valence-corrected chi connectivity index (χ1v) is 11.2. The van der Waals surface area contributed by atoms with Crippen molar-refractivity contribution in [3.63, 3.8) is 0 Å². The number of benzene rings is 3. The number of rotatable bonds is 2. The number of nitrogens with zero attached hydrogens (tertiary/aromatic N) is 1. The number of para-hydroxylation sites is 1. The van der Waals surface area contributed by atoms with E-state index in [-0.39, 0.29) is 23.7 Å². The lowest BCUT2D eigenvalue weighted by Crippen LogP contribution is -2.40. The van der Waals surface area contributed by atoms with E-state index in [1.54, 1.807) is 12.1 Å². The van der Waals surface area contributed by atoms with Gasteiger partial charge >= 0.3 is 0 Å². The minimum Gasteiger partial charge on any atom is -0.484 e. The molecule has 6 rings (SSSR count). The van der Waals surface area contributed by atoms with Gasteiger partial charge in [0, 0.05) is 29.7 Å². The highest BCUT2D eigenvalue weighted by molar-refractivity contribution is 7.92. The first-order chi connectivity index (χ1) is 14.5. The Labute approximate surface area is 174 Å². The molecule has 3 heterocycles. The maximum atomic E-state index is 13.6. The zero-order chi connectivity index (χ0) is 20.5. The molecule has 0 saturated carbocycles. The Hall–Kier alpha value is -3.19. The molecular formula is C23H19NO5S. The van der Waals surface area contributed by atoms with Crippen molar-refractivity contribution in [3.8, 4) is 17.2 Å². The first kappa shape index (κ1) is 17.7. The van der Waals surface area contributed by atoms with Crippen LogP contribution < -0.4 is 18.5 Å². The van der Waals surface area contributed by atoms with Crippen LogP contribution in [0.4, 0.5) is 5.69 Å². The number of hydrogen-bond donors (Lipinski definition) is 0. The van der Waals surface area contributed by atoms with Crippen LogP contribution >= 0.6 is 0 Å². The Morgan fingerprint density at radius 2 is 1.63 bits per heavy atom. The van der Waals surface area contributed by atoms with E-state index in [4.69, 9.17) is 14.2 Å². The zero-order valence-corrected chi connectivity index (χ0v) is 17.1. The van der Waals surface area contributed by atoms with E-state index in [9.17, 15) is 8.42 Å². The van der Waals surface area contributed by atoms with Crippen molar-refractivity contribution >= 4 is 15.7 Å². The summed E-state index contributed by atoms with van der Waals surface area (Å²) < 4.78 is 46.0. The third-order valence-electron chi connectivity index (χ3n) is 6.01. The van der Waals surface area contributed by atoms with Gasteiger partial charge in [0.1, 0.15) is 11.9 Å². The molecule has 3 aromatic carbocycles. The summed E-state index contributed by atoms with van der Waals surface area (Å²) in [6, 6.07) is 18.3. The molecule has 3 aliphatic rings. The highest BCUT2D eigenvalue weighted by atomic mass is 32.2. The fourth-order valence-corrected chi connectivity index (χ4v) is 6.00. The van der Waals surface area contributed by atoms with Crippen molar-refractivity contribution in [1.29, 1.82) is 0 Å². The van der Waals surface area contributed by atoms with E-state index in [1.165, 1.54) is 4.31 Å². The van der Waals surface area contributed by atoms with Gasteiger partial charge in [-0.2, -0.15) is 0 Å². The smallest absolute Gasteiger partial charge is 0.264 e. The number of sulfonamides is 1. The van der Waals surface area contributed by atoms with Crippen LogP contribution in [0.15, 0.2) is 65.6 Å². The molecule has 0 bridgehead atoms. The van der Waals surface area contributed by atoms with E-state index in [1.807, 2.05) is 55.5 Å². The SMILES string of the molecule is Cc1ccc(S(=O)(=O)N2C[C@@H]3c4cc5c(cc4O[C@@H]3c3ccccc32)OCO5)cc1. The minimum atomic E-state index is -3.72. The van der Waals surface area contributed by atoms with E-state index in [0.29, 0.717) is 23.7 Å². The summed E-state index contributed by atoms with van der Waals surface area (Å²) in [5.41, 5.74) is 3.49. The lowest BCUT2D eigenvalue weighted by Gasteiger charge is -2.36. The molecule has 6 nitrogen and oxygen atoms in total. The van der Waals surface area contributed by atoms with Gasteiger partial charge in [-0.15, -0.1) is 0 Å². The lowest BCUT2D eigenvalue weighted by atomic mass is 9.87. The number of anilines is 1. The second-order valence-corrected chi connectivity index (χ2v) is 9.66. The fourth-order valence-electron chi connectivity index (χ4n) is 4.48. The van der Waals surface area contributed by atoms with E-state index < -0.39 is 10.0 Å². The molecule has 0 saturated heterocycles. The summed E-state index contributed by atoms with van der Waals surface area (Å²) in [6.45, 7) is 2.42. The molecule has 0 N–H and O–H groups in total. The predicted molar refractivity (Wildman–Crippen MR) is 111 cm³/mol. The van der Waals surface area contributed by atoms with Gasteiger partial charge in [-0.1, -0.05) is 35.9 Å². The molecule has 0 spiro atoms. The Morgan fingerprint density at radius 1 is 0.900 bits per heavy atom. The van der Waals surface area contributed by atoms with Gasteiger partial charge < -0.3 is 14.2 Å². The van der Waals surface area contributed by atoms with Crippen LogP contribution in [0.3, 0.4) is 0 Å². The summed E-state index contributed by atoms with van der Waals surface area (Å²) in [5.74, 6) is 1.91. The normalized spacial score (nSPS) is 20.9. The molecule has 0 radical (unpaired) electrons. The monoisotopic (exact) mass is 421 g/mol. The highest BCUT2D eigenvalue weighted by Gasteiger charge is 2.46. The molecule has 7 heteroatoms. The lowest BCUT2D eigenvalue weighted by molar-refractivity contribution is 0.172. The number of hydrogen-bond acceptors (Lipinski definition) is 5. The summed E-state index contributed by atoms with van der Waals surface area (Å²) in [5, 5.41) is 0. The minimum absolute atomic E-state index is 0.135. The average molecular weight is 421 g/mol. The fraction of sp³-hybridized carbons (Fsp3) is 0.217. The quantitative estimate of drug-likeness (QED) is 0.622. The van der Waals surface area contributed by atoms with Crippen LogP contribution in [0, 0.1) is 6.92 Å². The number of fused-ring (bicyclic) bond motifs is 6.